The molecule has 112 valence electrons. The lowest BCUT2D eigenvalue weighted by Gasteiger charge is -2.33. The fourth-order valence-electron chi connectivity index (χ4n) is 2.66. The van der Waals surface area contributed by atoms with Crippen LogP contribution in [-0.4, -0.2) is 23.8 Å². The van der Waals surface area contributed by atoms with Gasteiger partial charge in [0.25, 0.3) is 0 Å². The van der Waals surface area contributed by atoms with Crippen molar-refractivity contribution < 1.29 is 8.42 Å². The molecular weight excluding hydrogens is 331 g/mol. The van der Waals surface area contributed by atoms with Crippen molar-refractivity contribution in [1.29, 1.82) is 0 Å². The number of nitrogens with zero attached hydrogens (tertiary/aromatic N) is 2. The first-order valence-electron chi connectivity index (χ1n) is 6.53. The quantitative estimate of drug-likeness (QED) is 0.835. The smallest absolute Gasteiger partial charge is 0.243 e. The van der Waals surface area contributed by atoms with Gasteiger partial charge in [0, 0.05) is 25.0 Å². The van der Waals surface area contributed by atoms with Crippen molar-refractivity contribution in [2.45, 2.75) is 24.4 Å². The average molecular weight is 345 g/mol. The molecule has 7 heteroatoms. The molecule has 0 saturated heterocycles. The Balaban J connectivity index is 2.01. The van der Waals surface area contributed by atoms with Gasteiger partial charge in [0.15, 0.2) is 0 Å². The molecule has 2 heterocycles. The number of rotatable bonds is 2. The number of hydrogen-bond donors (Lipinski definition) is 0. The van der Waals surface area contributed by atoms with Crippen LogP contribution in [0.5, 0.6) is 0 Å². The summed E-state index contributed by atoms with van der Waals surface area (Å²) in [6.45, 7) is 2.97. The van der Waals surface area contributed by atoms with Crippen molar-refractivity contribution in [3.8, 4) is 0 Å². The van der Waals surface area contributed by atoms with Gasteiger partial charge in [-0.2, -0.15) is 4.31 Å². The van der Waals surface area contributed by atoms with Crippen LogP contribution in [0.4, 0.5) is 0 Å². The van der Waals surface area contributed by atoms with E-state index in [0.29, 0.717) is 18.1 Å². The first-order valence-corrected chi connectivity index (χ1v) is 8.73. The van der Waals surface area contributed by atoms with Gasteiger partial charge in [0.1, 0.15) is 0 Å². The van der Waals surface area contributed by atoms with Crippen LogP contribution < -0.4 is 0 Å². The van der Waals surface area contributed by atoms with Crippen LogP contribution in [0.15, 0.2) is 41.4 Å². The standard InChI is InChI=1S/C14H14Cl2N2O2S/c1-10-14-3-2-6-17(14)7-8-18(10)21(19,20)11-4-5-12(15)13(16)9-11/h2-6,9-10H,7-8H2,1H3. The van der Waals surface area contributed by atoms with E-state index in [2.05, 4.69) is 4.57 Å². The zero-order valence-corrected chi connectivity index (χ0v) is 13.7. The second kappa shape index (κ2) is 5.32. The van der Waals surface area contributed by atoms with Gasteiger partial charge in [-0.25, -0.2) is 8.42 Å². The molecule has 4 nitrogen and oxygen atoms in total. The fourth-order valence-corrected chi connectivity index (χ4v) is 4.65. The van der Waals surface area contributed by atoms with Crippen LogP contribution >= 0.6 is 23.2 Å². The normalized spacial score (nSPS) is 19.5. The van der Waals surface area contributed by atoms with Crippen molar-refractivity contribution >= 4 is 33.2 Å². The molecule has 0 N–H and O–H groups in total. The molecule has 21 heavy (non-hydrogen) atoms. The van der Waals surface area contributed by atoms with Gasteiger partial charge in [0.05, 0.1) is 21.0 Å². The molecule has 3 rings (SSSR count). The van der Waals surface area contributed by atoms with Crippen molar-refractivity contribution in [3.05, 3.63) is 52.3 Å². The van der Waals surface area contributed by atoms with Crippen LogP contribution in [0.3, 0.4) is 0 Å². The minimum Gasteiger partial charge on any atom is -0.349 e. The largest absolute Gasteiger partial charge is 0.349 e. The van der Waals surface area contributed by atoms with Gasteiger partial charge in [-0.1, -0.05) is 23.2 Å². The molecule has 1 aliphatic heterocycles. The average Bonchev–Trinajstić information content (AvgIpc) is 2.91. The summed E-state index contributed by atoms with van der Waals surface area (Å²) in [5.74, 6) is 0. The summed E-state index contributed by atoms with van der Waals surface area (Å²) in [5, 5.41) is 0.585. The van der Waals surface area contributed by atoms with Gasteiger partial charge in [-0.05, 0) is 37.3 Å². The number of fused-ring (bicyclic) bond motifs is 1. The van der Waals surface area contributed by atoms with Crippen LogP contribution in [-0.2, 0) is 16.6 Å². The lowest BCUT2D eigenvalue weighted by molar-refractivity contribution is 0.282. The van der Waals surface area contributed by atoms with E-state index in [-0.39, 0.29) is 16.0 Å². The minimum atomic E-state index is -3.59. The van der Waals surface area contributed by atoms with Crippen LogP contribution in [0, 0.1) is 0 Å². The van der Waals surface area contributed by atoms with Gasteiger partial charge in [-0.3, -0.25) is 0 Å². The maximum absolute atomic E-state index is 12.8. The van der Waals surface area contributed by atoms with Crippen molar-refractivity contribution in [1.82, 2.24) is 8.87 Å². The molecule has 0 aliphatic carbocycles. The highest BCUT2D eigenvalue weighted by Crippen LogP contribution is 2.33. The molecule has 0 bridgehead atoms. The Morgan fingerprint density at radius 2 is 1.90 bits per heavy atom. The number of sulfonamides is 1. The summed E-state index contributed by atoms with van der Waals surface area (Å²) in [6, 6.07) is 8.06. The third kappa shape index (κ3) is 2.48. The molecule has 0 spiro atoms. The molecule has 1 atom stereocenters. The molecule has 0 fully saturated rings. The molecule has 1 aromatic carbocycles. The maximum atomic E-state index is 12.8. The van der Waals surface area contributed by atoms with E-state index in [0.717, 1.165) is 5.69 Å². The Morgan fingerprint density at radius 3 is 2.62 bits per heavy atom. The Labute approximate surface area is 133 Å². The first kappa shape index (κ1) is 14.9. The zero-order valence-electron chi connectivity index (χ0n) is 11.3. The lowest BCUT2D eigenvalue weighted by Crippen LogP contribution is -2.40. The number of halogens is 2. The van der Waals surface area contributed by atoms with E-state index >= 15 is 0 Å². The predicted octanol–water partition coefficient (Wildman–Crippen LogP) is 3.56. The molecule has 0 saturated carbocycles. The summed E-state index contributed by atoms with van der Waals surface area (Å²) in [7, 11) is -3.59. The summed E-state index contributed by atoms with van der Waals surface area (Å²) >= 11 is 11.8. The molecule has 2 aromatic rings. The molecule has 0 radical (unpaired) electrons. The highest BCUT2D eigenvalue weighted by molar-refractivity contribution is 7.89. The van der Waals surface area contributed by atoms with Gasteiger partial charge < -0.3 is 4.57 Å². The highest BCUT2D eigenvalue weighted by atomic mass is 35.5. The highest BCUT2D eigenvalue weighted by Gasteiger charge is 2.34. The van der Waals surface area contributed by atoms with E-state index < -0.39 is 10.0 Å². The molecule has 1 aromatic heterocycles. The number of hydrogen-bond acceptors (Lipinski definition) is 2. The van der Waals surface area contributed by atoms with Gasteiger partial charge >= 0.3 is 0 Å². The second-order valence-electron chi connectivity index (χ2n) is 4.99. The molecule has 1 unspecified atom stereocenters. The SMILES string of the molecule is CC1c2cccn2CCN1S(=O)(=O)c1ccc(Cl)c(Cl)c1. The van der Waals surface area contributed by atoms with Crippen molar-refractivity contribution in [2.24, 2.45) is 0 Å². The van der Waals surface area contributed by atoms with Gasteiger partial charge in [0.2, 0.25) is 10.0 Å². The van der Waals surface area contributed by atoms with Crippen LogP contribution in [0.1, 0.15) is 18.7 Å². The third-order valence-corrected chi connectivity index (χ3v) is 6.49. The second-order valence-corrected chi connectivity index (χ2v) is 7.70. The first-order chi connectivity index (χ1) is 9.91. The summed E-state index contributed by atoms with van der Waals surface area (Å²) in [5.41, 5.74) is 0.991. The summed E-state index contributed by atoms with van der Waals surface area (Å²) in [6.07, 6.45) is 1.97. The minimum absolute atomic E-state index is 0.170. The Kier molecular flexibility index (Phi) is 3.78. The number of aromatic nitrogens is 1. The van der Waals surface area contributed by atoms with Crippen LogP contribution in [0.2, 0.25) is 10.0 Å². The Bertz CT molecular complexity index is 786. The van der Waals surface area contributed by atoms with E-state index in [1.165, 1.54) is 22.5 Å². The Hall–Kier alpha value is -1.01. The summed E-state index contributed by atoms with van der Waals surface area (Å²) in [4.78, 5) is 0.170. The van der Waals surface area contributed by atoms with E-state index in [9.17, 15) is 8.42 Å². The Morgan fingerprint density at radius 1 is 1.14 bits per heavy atom. The lowest BCUT2D eigenvalue weighted by atomic mass is 10.2. The molecule has 1 aliphatic rings. The third-order valence-electron chi connectivity index (χ3n) is 3.78. The van der Waals surface area contributed by atoms with Gasteiger partial charge in [-0.15, -0.1) is 0 Å². The van der Waals surface area contributed by atoms with E-state index in [1.54, 1.807) is 0 Å². The maximum Gasteiger partial charge on any atom is 0.243 e. The zero-order chi connectivity index (χ0) is 15.2. The number of benzene rings is 1. The molecular formula is C14H14Cl2N2O2S. The van der Waals surface area contributed by atoms with E-state index in [1.807, 2.05) is 25.3 Å². The molecule has 0 amide bonds. The fraction of sp³-hybridized carbons (Fsp3) is 0.286. The monoisotopic (exact) mass is 344 g/mol. The van der Waals surface area contributed by atoms with Crippen molar-refractivity contribution in [2.75, 3.05) is 6.54 Å². The topological polar surface area (TPSA) is 42.3 Å². The van der Waals surface area contributed by atoms with Crippen molar-refractivity contribution in [3.63, 3.8) is 0 Å². The van der Waals surface area contributed by atoms with Crippen LogP contribution in [0.25, 0.3) is 0 Å². The summed E-state index contributed by atoms with van der Waals surface area (Å²) < 4.78 is 29.2. The van der Waals surface area contributed by atoms with E-state index in [4.69, 9.17) is 23.2 Å². The predicted molar refractivity (Wildman–Crippen MR) is 83.2 cm³/mol.